The highest BCUT2D eigenvalue weighted by Crippen LogP contribution is 2.33. The van der Waals surface area contributed by atoms with E-state index in [2.05, 4.69) is 108 Å². The third kappa shape index (κ3) is 6.77. The maximum absolute atomic E-state index is 4.98. The first-order valence-corrected chi connectivity index (χ1v) is 18.9. The number of benzene rings is 7. The molecule has 10 rings (SSSR count). The zero-order valence-electron chi connectivity index (χ0n) is 30.8. The second kappa shape index (κ2) is 14.8. The van der Waals surface area contributed by atoms with E-state index in [1.165, 1.54) is 0 Å². The van der Waals surface area contributed by atoms with Crippen molar-refractivity contribution >= 4 is 11.0 Å². The van der Waals surface area contributed by atoms with Crippen LogP contribution in [-0.2, 0) is 0 Å². The molecule has 0 unspecified atom stereocenters. The predicted octanol–water partition coefficient (Wildman–Crippen LogP) is 12.3. The van der Waals surface area contributed by atoms with Gasteiger partial charge < -0.3 is 0 Å². The third-order valence-electron chi connectivity index (χ3n) is 10.1. The summed E-state index contributed by atoms with van der Waals surface area (Å²) in [6, 6.07) is 68.6. The fraction of sp³-hybridized carbons (Fsp3) is 0. The molecule has 0 radical (unpaired) electrons. The van der Waals surface area contributed by atoms with Crippen LogP contribution in [0, 0.1) is 0 Å². The molecule has 57 heavy (non-hydrogen) atoms. The molecule has 0 N–H and O–H groups in total. The molecule has 7 aromatic carbocycles. The van der Waals surface area contributed by atoms with Crippen LogP contribution in [0.3, 0.4) is 0 Å². The molecule has 0 atom stereocenters. The molecule has 0 spiro atoms. The lowest BCUT2D eigenvalue weighted by Crippen LogP contribution is -2.00. The van der Waals surface area contributed by atoms with Gasteiger partial charge in [0.15, 0.2) is 23.3 Å². The van der Waals surface area contributed by atoms with Crippen molar-refractivity contribution in [3.63, 3.8) is 0 Å². The zero-order valence-corrected chi connectivity index (χ0v) is 30.8. The second-order valence-electron chi connectivity index (χ2n) is 13.8. The minimum Gasteiger partial charge on any atom is -0.291 e. The molecule has 0 aliphatic carbocycles. The largest absolute Gasteiger partial charge is 0.291 e. The van der Waals surface area contributed by atoms with Crippen LogP contribution in [-0.4, -0.2) is 29.5 Å². The molecular formula is C51H34N6. The Morgan fingerprint density at radius 3 is 1.37 bits per heavy atom. The summed E-state index contributed by atoms with van der Waals surface area (Å²) in [6.45, 7) is 0. The Morgan fingerprint density at radius 1 is 0.316 bits per heavy atom. The van der Waals surface area contributed by atoms with Crippen LogP contribution in [0.2, 0.25) is 0 Å². The number of hydrogen-bond donors (Lipinski definition) is 0. The Morgan fingerprint density at radius 2 is 0.772 bits per heavy atom. The summed E-state index contributed by atoms with van der Waals surface area (Å²) in [5.74, 6) is 2.74. The Labute approximate surface area is 330 Å². The number of imidazole rings is 1. The first-order chi connectivity index (χ1) is 28.2. The van der Waals surface area contributed by atoms with Gasteiger partial charge in [-0.1, -0.05) is 158 Å². The van der Waals surface area contributed by atoms with Crippen molar-refractivity contribution in [2.24, 2.45) is 0 Å². The molecule has 0 saturated heterocycles. The molecule has 3 heterocycles. The zero-order chi connectivity index (χ0) is 38.0. The number of nitrogens with zero attached hydrogens (tertiary/aromatic N) is 6. The monoisotopic (exact) mass is 730 g/mol. The van der Waals surface area contributed by atoms with E-state index in [-0.39, 0.29) is 0 Å². The highest BCUT2D eigenvalue weighted by atomic mass is 15.1. The van der Waals surface area contributed by atoms with Gasteiger partial charge in [-0.15, -0.1) is 0 Å². The van der Waals surface area contributed by atoms with Crippen LogP contribution in [0.25, 0.3) is 95.8 Å². The molecule has 0 aliphatic rings. The van der Waals surface area contributed by atoms with Crippen LogP contribution < -0.4 is 0 Å². The first kappa shape index (κ1) is 33.7. The molecule has 6 heteroatoms. The van der Waals surface area contributed by atoms with Gasteiger partial charge in [-0.2, -0.15) is 0 Å². The molecule has 268 valence electrons. The van der Waals surface area contributed by atoms with Crippen molar-refractivity contribution in [1.29, 1.82) is 0 Å². The molecule has 6 nitrogen and oxygen atoms in total. The third-order valence-corrected chi connectivity index (χ3v) is 10.1. The van der Waals surface area contributed by atoms with Gasteiger partial charge in [0.2, 0.25) is 0 Å². The van der Waals surface area contributed by atoms with Crippen LogP contribution >= 0.6 is 0 Å². The van der Waals surface area contributed by atoms with E-state index in [4.69, 9.17) is 24.9 Å². The molecule has 3 aromatic heterocycles. The number of pyridine rings is 1. The number of fused-ring (bicyclic) bond motifs is 1. The fourth-order valence-corrected chi connectivity index (χ4v) is 7.24. The summed E-state index contributed by atoms with van der Waals surface area (Å²) < 4.78 is 2.17. The van der Waals surface area contributed by atoms with Gasteiger partial charge >= 0.3 is 0 Å². The van der Waals surface area contributed by atoms with Crippen molar-refractivity contribution in [3.8, 4) is 84.7 Å². The minimum absolute atomic E-state index is 0.633. The summed E-state index contributed by atoms with van der Waals surface area (Å²) in [5, 5.41) is 0. The Bertz CT molecular complexity index is 2920. The van der Waals surface area contributed by atoms with Crippen LogP contribution in [0.4, 0.5) is 0 Å². The number of hydrogen-bond acceptors (Lipinski definition) is 5. The van der Waals surface area contributed by atoms with Crippen molar-refractivity contribution in [3.05, 3.63) is 206 Å². The summed E-state index contributed by atoms with van der Waals surface area (Å²) in [6.07, 6.45) is 1.94. The summed E-state index contributed by atoms with van der Waals surface area (Å²) in [5.41, 5.74) is 13.3. The van der Waals surface area contributed by atoms with Gasteiger partial charge in [0.1, 0.15) is 5.69 Å². The van der Waals surface area contributed by atoms with Crippen LogP contribution in [0.15, 0.2) is 206 Å². The van der Waals surface area contributed by atoms with Crippen molar-refractivity contribution in [2.45, 2.75) is 0 Å². The average Bonchev–Trinajstić information content (AvgIpc) is 3.70. The maximum atomic E-state index is 4.98. The van der Waals surface area contributed by atoms with E-state index in [0.29, 0.717) is 17.5 Å². The molecule has 10 aromatic rings. The summed E-state index contributed by atoms with van der Waals surface area (Å²) >= 11 is 0. The van der Waals surface area contributed by atoms with E-state index in [9.17, 15) is 0 Å². The SMILES string of the molecule is c1ccc(-c2nc(-c3ccccc3)nc(-c3cccc(-c4cccc(-c5ccc(-c6ccc(-c7nc8ccccc8n7-c7ccccc7)nc6)cc5)c4)c3)n2)cc1. The Hall–Kier alpha value is -7.83. The molecule has 0 bridgehead atoms. The molecule has 0 fully saturated rings. The van der Waals surface area contributed by atoms with Crippen molar-refractivity contribution in [2.75, 3.05) is 0 Å². The van der Waals surface area contributed by atoms with Gasteiger partial charge in [0, 0.05) is 34.1 Å². The highest BCUT2D eigenvalue weighted by molar-refractivity contribution is 5.83. The summed E-state index contributed by atoms with van der Waals surface area (Å²) in [4.78, 5) is 24.6. The highest BCUT2D eigenvalue weighted by Gasteiger charge is 2.16. The fourth-order valence-electron chi connectivity index (χ4n) is 7.24. The lowest BCUT2D eigenvalue weighted by Gasteiger charge is -2.11. The topological polar surface area (TPSA) is 69.4 Å². The molecule has 0 aliphatic heterocycles. The molecule has 0 amide bonds. The normalized spacial score (nSPS) is 11.2. The molecule has 0 saturated carbocycles. The average molecular weight is 731 g/mol. The van der Waals surface area contributed by atoms with Crippen LogP contribution in [0.1, 0.15) is 0 Å². The van der Waals surface area contributed by atoms with Gasteiger partial charge in [0.25, 0.3) is 0 Å². The number of aromatic nitrogens is 6. The van der Waals surface area contributed by atoms with Gasteiger partial charge in [-0.25, -0.2) is 19.9 Å². The van der Waals surface area contributed by atoms with E-state index in [1.54, 1.807) is 0 Å². The Kier molecular flexibility index (Phi) is 8.74. The van der Waals surface area contributed by atoms with Gasteiger partial charge in [-0.3, -0.25) is 9.55 Å². The standard InChI is InChI=1S/C51H34N6/c1-4-14-37(15-5-1)48-54-49(38-16-6-2-7-17-38)56-50(55-48)42-21-13-20-41(33-42)40-19-12-18-39(32-40)35-26-28-36(29-27-35)43-30-31-46(52-34-43)51-53-45-24-10-11-25-47(45)57(51)44-22-8-3-9-23-44/h1-34H. The van der Waals surface area contributed by atoms with Gasteiger partial charge in [-0.05, 0) is 70.3 Å². The number of rotatable bonds is 8. The predicted molar refractivity (Wildman–Crippen MR) is 230 cm³/mol. The van der Waals surface area contributed by atoms with E-state index >= 15 is 0 Å². The smallest absolute Gasteiger partial charge is 0.164 e. The van der Waals surface area contributed by atoms with Gasteiger partial charge in [0.05, 0.1) is 11.0 Å². The first-order valence-electron chi connectivity index (χ1n) is 18.9. The van der Waals surface area contributed by atoms with E-state index in [0.717, 1.165) is 78.3 Å². The lowest BCUT2D eigenvalue weighted by molar-refractivity contribution is 1.07. The number of para-hydroxylation sites is 3. The minimum atomic E-state index is 0.633. The Balaban J connectivity index is 0.926. The van der Waals surface area contributed by atoms with Crippen molar-refractivity contribution in [1.82, 2.24) is 29.5 Å². The maximum Gasteiger partial charge on any atom is 0.164 e. The quantitative estimate of drug-likeness (QED) is 0.156. The van der Waals surface area contributed by atoms with E-state index in [1.807, 2.05) is 103 Å². The van der Waals surface area contributed by atoms with E-state index < -0.39 is 0 Å². The van der Waals surface area contributed by atoms with Crippen LogP contribution in [0.5, 0.6) is 0 Å². The lowest BCUT2D eigenvalue weighted by atomic mass is 9.96. The second-order valence-corrected chi connectivity index (χ2v) is 13.8. The van der Waals surface area contributed by atoms with Crippen molar-refractivity contribution < 1.29 is 0 Å². The molecular weight excluding hydrogens is 697 g/mol. The summed E-state index contributed by atoms with van der Waals surface area (Å²) in [7, 11) is 0.